The van der Waals surface area contributed by atoms with Gasteiger partial charge in [-0.2, -0.15) is 0 Å². The molecule has 2 amide bonds. The second-order valence-corrected chi connectivity index (χ2v) is 8.91. The summed E-state index contributed by atoms with van der Waals surface area (Å²) < 4.78 is 7.15. The van der Waals surface area contributed by atoms with Crippen molar-refractivity contribution < 1.29 is 14.3 Å². The Kier molecular flexibility index (Phi) is 7.71. The number of hydrogen-bond acceptors (Lipinski definition) is 4. The van der Waals surface area contributed by atoms with Crippen LogP contribution >= 0.6 is 11.6 Å². The quantitative estimate of drug-likeness (QED) is 0.336. The second-order valence-electron chi connectivity index (χ2n) is 8.47. The molecule has 0 bridgehead atoms. The Balaban J connectivity index is 1.64. The highest BCUT2D eigenvalue weighted by Gasteiger charge is 2.23. The number of halogens is 1. The number of hydrogen-bond donors (Lipinski definition) is 1. The molecule has 1 aromatic heterocycles. The van der Waals surface area contributed by atoms with Crippen LogP contribution in [0.15, 0.2) is 85.1 Å². The van der Waals surface area contributed by atoms with Crippen molar-refractivity contribution >= 4 is 29.4 Å². The Morgan fingerprint density at radius 3 is 2.42 bits per heavy atom. The highest BCUT2D eigenvalue weighted by atomic mass is 35.5. The zero-order chi connectivity index (χ0) is 25.7. The van der Waals surface area contributed by atoms with Gasteiger partial charge in [0.15, 0.2) is 0 Å². The first kappa shape index (κ1) is 25.0. The zero-order valence-corrected chi connectivity index (χ0v) is 21.1. The fourth-order valence-electron chi connectivity index (χ4n) is 3.74. The summed E-state index contributed by atoms with van der Waals surface area (Å²) in [6.45, 7) is 3.64. The van der Waals surface area contributed by atoms with Gasteiger partial charge in [0.2, 0.25) is 11.9 Å². The van der Waals surface area contributed by atoms with Gasteiger partial charge >= 0.3 is 0 Å². The van der Waals surface area contributed by atoms with Gasteiger partial charge in [-0.15, -0.1) is 0 Å². The molecule has 4 aromatic rings. The van der Waals surface area contributed by atoms with Crippen LogP contribution in [0.3, 0.4) is 0 Å². The van der Waals surface area contributed by atoms with Gasteiger partial charge in [-0.1, -0.05) is 48.0 Å². The Morgan fingerprint density at radius 2 is 1.75 bits per heavy atom. The highest BCUT2D eigenvalue weighted by Crippen LogP contribution is 2.27. The Morgan fingerprint density at radius 1 is 1.03 bits per heavy atom. The second kappa shape index (κ2) is 11.1. The van der Waals surface area contributed by atoms with E-state index in [2.05, 4.69) is 10.3 Å². The third-order valence-corrected chi connectivity index (χ3v) is 5.90. The zero-order valence-electron chi connectivity index (χ0n) is 20.3. The van der Waals surface area contributed by atoms with Crippen LogP contribution in [0.25, 0.3) is 16.9 Å². The van der Waals surface area contributed by atoms with Gasteiger partial charge in [0.05, 0.1) is 18.5 Å². The van der Waals surface area contributed by atoms with Crippen molar-refractivity contribution in [3.63, 3.8) is 0 Å². The van der Waals surface area contributed by atoms with Crippen LogP contribution in [-0.4, -0.2) is 46.0 Å². The first-order valence-corrected chi connectivity index (χ1v) is 11.9. The number of imidazole rings is 1. The molecule has 0 aliphatic carbocycles. The van der Waals surface area contributed by atoms with Crippen LogP contribution in [0.2, 0.25) is 5.02 Å². The number of methoxy groups -OCH3 is 1. The van der Waals surface area contributed by atoms with Crippen LogP contribution in [0.1, 0.15) is 24.2 Å². The van der Waals surface area contributed by atoms with Gasteiger partial charge < -0.3 is 9.64 Å². The summed E-state index contributed by atoms with van der Waals surface area (Å²) in [6, 6.07) is 23.5. The maximum atomic E-state index is 13.2. The molecule has 4 rings (SSSR count). The van der Waals surface area contributed by atoms with Crippen LogP contribution in [0, 0.1) is 0 Å². The lowest BCUT2D eigenvalue weighted by atomic mass is 10.1. The Bertz CT molecular complexity index is 1350. The van der Waals surface area contributed by atoms with Gasteiger partial charge in [0.1, 0.15) is 12.3 Å². The summed E-state index contributed by atoms with van der Waals surface area (Å²) in [7, 11) is 1.60. The molecule has 0 radical (unpaired) electrons. The molecule has 0 atom stereocenters. The number of aromatic nitrogens is 2. The molecule has 3 aromatic carbocycles. The van der Waals surface area contributed by atoms with Crippen molar-refractivity contribution in [1.82, 2.24) is 14.5 Å². The van der Waals surface area contributed by atoms with E-state index in [1.807, 2.05) is 62.5 Å². The minimum atomic E-state index is -0.356. The van der Waals surface area contributed by atoms with Crippen LogP contribution in [0.4, 0.5) is 5.95 Å². The molecule has 36 heavy (non-hydrogen) atoms. The lowest BCUT2D eigenvalue weighted by Gasteiger charge is -2.26. The number of amides is 2. The first-order chi connectivity index (χ1) is 17.4. The van der Waals surface area contributed by atoms with E-state index in [0.29, 0.717) is 28.0 Å². The number of ether oxygens (including phenoxy) is 1. The molecule has 184 valence electrons. The first-order valence-electron chi connectivity index (χ1n) is 11.5. The standard InChI is InChI=1S/C28H27ClN4O3/c1-19(2)32(27(35)21-8-5-4-6-9-21)18-26(34)31-28-30-25(20-12-14-22(29)15-13-20)17-33(28)23-10-7-11-24(16-23)36-3/h4-17,19H,18H2,1-3H3,(H,30,31,34). The maximum Gasteiger partial charge on any atom is 0.254 e. The molecule has 0 saturated carbocycles. The van der Waals surface area contributed by atoms with Crippen LogP contribution in [0.5, 0.6) is 5.75 Å². The number of rotatable bonds is 8. The minimum Gasteiger partial charge on any atom is -0.497 e. The molecule has 7 nitrogen and oxygen atoms in total. The number of nitrogens with zero attached hydrogens (tertiary/aromatic N) is 3. The van der Waals surface area contributed by atoms with Crippen molar-refractivity contribution in [2.75, 3.05) is 19.0 Å². The van der Waals surface area contributed by atoms with E-state index in [4.69, 9.17) is 16.3 Å². The number of carbonyl (C=O) groups excluding carboxylic acids is 2. The van der Waals surface area contributed by atoms with E-state index < -0.39 is 0 Å². The number of benzene rings is 3. The van der Waals surface area contributed by atoms with Crippen LogP contribution < -0.4 is 10.1 Å². The normalized spacial score (nSPS) is 10.8. The van der Waals surface area contributed by atoms with E-state index in [1.165, 1.54) is 4.90 Å². The number of anilines is 1. The summed E-state index contributed by atoms with van der Waals surface area (Å²) in [5.41, 5.74) is 2.80. The summed E-state index contributed by atoms with van der Waals surface area (Å²) in [5, 5.41) is 3.51. The van der Waals surface area contributed by atoms with E-state index in [-0.39, 0.29) is 24.4 Å². The van der Waals surface area contributed by atoms with Gasteiger partial charge in [-0.3, -0.25) is 19.5 Å². The fourth-order valence-corrected chi connectivity index (χ4v) is 3.87. The molecule has 0 spiro atoms. The molecule has 0 aliphatic heterocycles. The minimum absolute atomic E-state index is 0.118. The molecule has 0 saturated heterocycles. The van der Waals surface area contributed by atoms with E-state index in [0.717, 1.165) is 11.3 Å². The van der Waals surface area contributed by atoms with E-state index >= 15 is 0 Å². The largest absolute Gasteiger partial charge is 0.497 e. The predicted octanol–water partition coefficient (Wildman–Crippen LogP) is 5.69. The van der Waals surface area contributed by atoms with Crippen molar-refractivity contribution in [3.8, 4) is 22.7 Å². The third kappa shape index (κ3) is 5.75. The van der Waals surface area contributed by atoms with Crippen molar-refractivity contribution in [3.05, 3.63) is 95.6 Å². The van der Waals surface area contributed by atoms with Gasteiger partial charge in [0, 0.05) is 34.5 Å². The third-order valence-electron chi connectivity index (χ3n) is 5.65. The van der Waals surface area contributed by atoms with Gasteiger partial charge in [-0.25, -0.2) is 4.98 Å². The molecule has 0 aliphatic rings. The van der Waals surface area contributed by atoms with E-state index in [9.17, 15) is 9.59 Å². The maximum absolute atomic E-state index is 13.2. The SMILES string of the molecule is COc1cccc(-n2cc(-c3ccc(Cl)cc3)nc2NC(=O)CN(C(=O)c2ccccc2)C(C)C)c1. The Labute approximate surface area is 215 Å². The molecular formula is C28H27ClN4O3. The smallest absolute Gasteiger partial charge is 0.254 e. The van der Waals surface area contributed by atoms with Gasteiger partial charge in [0.25, 0.3) is 5.91 Å². The topological polar surface area (TPSA) is 76.5 Å². The Hall–Kier alpha value is -4.10. The van der Waals surface area contributed by atoms with Crippen molar-refractivity contribution in [1.29, 1.82) is 0 Å². The summed E-state index contributed by atoms with van der Waals surface area (Å²) in [6.07, 6.45) is 1.84. The van der Waals surface area contributed by atoms with E-state index in [1.54, 1.807) is 48.1 Å². The van der Waals surface area contributed by atoms with Gasteiger partial charge in [-0.05, 0) is 50.2 Å². The highest BCUT2D eigenvalue weighted by molar-refractivity contribution is 6.30. The summed E-state index contributed by atoms with van der Waals surface area (Å²) in [5.74, 6) is 0.434. The number of carbonyl (C=O) groups is 2. The van der Waals surface area contributed by atoms with Crippen LogP contribution in [-0.2, 0) is 4.79 Å². The summed E-state index contributed by atoms with van der Waals surface area (Å²) in [4.78, 5) is 32.4. The lowest BCUT2D eigenvalue weighted by molar-refractivity contribution is -0.117. The molecular weight excluding hydrogens is 476 g/mol. The lowest BCUT2D eigenvalue weighted by Crippen LogP contribution is -2.42. The molecule has 1 heterocycles. The molecule has 8 heteroatoms. The average Bonchev–Trinajstić information content (AvgIpc) is 3.31. The fraction of sp³-hybridized carbons (Fsp3) is 0.179. The monoisotopic (exact) mass is 502 g/mol. The average molecular weight is 503 g/mol. The number of nitrogens with one attached hydrogen (secondary N) is 1. The molecule has 1 N–H and O–H groups in total. The molecule has 0 unspecified atom stereocenters. The van der Waals surface area contributed by atoms with Crippen molar-refractivity contribution in [2.24, 2.45) is 0 Å². The summed E-state index contributed by atoms with van der Waals surface area (Å²) >= 11 is 6.05. The van der Waals surface area contributed by atoms with Crippen molar-refractivity contribution in [2.45, 2.75) is 19.9 Å². The predicted molar refractivity (Wildman–Crippen MR) is 142 cm³/mol. The molecule has 0 fully saturated rings.